The van der Waals surface area contributed by atoms with Crippen LogP contribution in [0, 0.1) is 11.8 Å². The van der Waals surface area contributed by atoms with Crippen molar-refractivity contribution in [2.75, 3.05) is 6.54 Å². The van der Waals surface area contributed by atoms with E-state index in [-0.39, 0.29) is 12.2 Å². The van der Waals surface area contributed by atoms with Crippen molar-refractivity contribution >= 4 is 11.8 Å². The van der Waals surface area contributed by atoms with Crippen molar-refractivity contribution in [1.29, 1.82) is 0 Å². The molecule has 0 aliphatic carbocycles. The Morgan fingerprint density at radius 3 is 2.60 bits per heavy atom. The number of carboxylic acid groups (broad SMARTS) is 1. The number of unbranched alkanes of at least 4 members (excludes halogenated alkanes) is 1. The summed E-state index contributed by atoms with van der Waals surface area (Å²) in [6.07, 6.45) is 12.0. The summed E-state index contributed by atoms with van der Waals surface area (Å²) < 4.78 is 6.16. The molecule has 2 aliphatic heterocycles. The van der Waals surface area contributed by atoms with Gasteiger partial charge < -0.3 is 15.2 Å². The molecule has 30 heavy (non-hydrogen) atoms. The highest BCUT2D eigenvalue weighted by atomic mass is 16.5. The lowest BCUT2D eigenvalue weighted by molar-refractivity contribution is -0.137. The lowest BCUT2D eigenvalue weighted by Gasteiger charge is -2.28. The highest BCUT2D eigenvalue weighted by Crippen LogP contribution is 2.45. The first-order valence-corrected chi connectivity index (χ1v) is 11.0. The van der Waals surface area contributed by atoms with Gasteiger partial charge in [0.05, 0.1) is 12.2 Å². The third-order valence-corrected chi connectivity index (χ3v) is 6.14. The number of nitrogens with one attached hydrogen (secondary N) is 1. The molecule has 2 aliphatic rings. The number of fused-ring (bicyclic) bond motifs is 2. The summed E-state index contributed by atoms with van der Waals surface area (Å²) >= 11 is 0. The molecule has 2 heterocycles. The van der Waals surface area contributed by atoms with Crippen LogP contribution in [0.5, 0.6) is 0 Å². The minimum Gasteiger partial charge on any atom is -0.481 e. The highest BCUT2D eigenvalue weighted by molar-refractivity contribution is 5.91. The molecule has 0 spiro atoms. The maximum absolute atomic E-state index is 12.3. The van der Waals surface area contributed by atoms with Gasteiger partial charge in [0, 0.05) is 37.1 Å². The van der Waals surface area contributed by atoms with Crippen molar-refractivity contribution in [3.05, 3.63) is 59.8 Å². The van der Waals surface area contributed by atoms with E-state index in [4.69, 9.17) is 9.84 Å². The molecule has 3 rings (SSSR count). The molecule has 5 nitrogen and oxygen atoms in total. The molecular formula is C25H33NO4. The van der Waals surface area contributed by atoms with E-state index in [2.05, 4.69) is 17.5 Å². The number of aliphatic carboxylic acids is 1. The highest BCUT2D eigenvalue weighted by Gasteiger charge is 2.47. The predicted octanol–water partition coefficient (Wildman–Crippen LogP) is 4.29. The predicted molar refractivity (Wildman–Crippen MR) is 117 cm³/mol. The Kier molecular flexibility index (Phi) is 8.26. The van der Waals surface area contributed by atoms with Gasteiger partial charge in [0.1, 0.15) is 0 Å². The van der Waals surface area contributed by atoms with Crippen LogP contribution in [0.4, 0.5) is 0 Å². The van der Waals surface area contributed by atoms with Crippen molar-refractivity contribution in [2.45, 2.75) is 64.1 Å². The van der Waals surface area contributed by atoms with Crippen molar-refractivity contribution < 1.29 is 19.4 Å². The lowest BCUT2D eigenvalue weighted by Crippen LogP contribution is -2.35. The van der Waals surface area contributed by atoms with Gasteiger partial charge in [0.15, 0.2) is 5.78 Å². The van der Waals surface area contributed by atoms with Crippen LogP contribution in [0.25, 0.3) is 0 Å². The van der Waals surface area contributed by atoms with Crippen LogP contribution in [0.1, 0.15) is 51.0 Å². The number of ether oxygens (including phenoxy) is 1. The van der Waals surface area contributed by atoms with Crippen LogP contribution in [0.3, 0.4) is 0 Å². The second-order valence-electron chi connectivity index (χ2n) is 8.45. The SMILES string of the molecule is CC(=CC(=O)Cc1ccccc1)NC[C@@H]1[C@H](C/C=C\CCCC(=O)O)[C@@H]2CC[C@H]1O2. The van der Waals surface area contributed by atoms with Crippen LogP contribution in [0.2, 0.25) is 0 Å². The maximum atomic E-state index is 12.3. The van der Waals surface area contributed by atoms with Crippen LogP contribution < -0.4 is 5.32 Å². The van der Waals surface area contributed by atoms with Crippen LogP contribution in [-0.4, -0.2) is 35.6 Å². The van der Waals surface area contributed by atoms with Crippen LogP contribution in [-0.2, 0) is 20.7 Å². The fraction of sp³-hybridized carbons (Fsp3) is 0.520. The Bertz CT molecular complexity index is 771. The van der Waals surface area contributed by atoms with Crippen molar-refractivity contribution in [3.8, 4) is 0 Å². The molecule has 162 valence electrons. The van der Waals surface area contributed by atoms with Gasteiger partial charge in [0.25, 0.3) is 0 Å². The molecule has 2 bridgehead atoms. The quantitative estimate of drug-likeness (QED) is 0.305. The van der Waals surface area contributed by atoms with Gasteiger partial charge in [-0.25, -0.2) is 0 Å². The summed E-state index contributed by atoms with van der Waals surface area (Å²) in [4.78, 5) is 22.9. The summed E-state index contributed by atoms with van der Waals surface area (Å²) in [6, 6.07) is 9.80. The average molecular weight is 412 g/mol. The number of hydrogen-bond donors (Lipinski definition) is 2. The molecule has 2 N–H and O–H groups in total. The molecule has 2 saturated heterocycles. The van der Waals surface area contributed by atoms with Gasteiger partial charge >= 0.3 is 5.97 Å². The minimum atomic E-state index is -0.735. The number of rotatable bonds is 12. The molecule has 4 atom stereocenters. The van der Waals surface area contributed by atoms with E-state index in [0.29, 0.717) is 36.9 Å². The van der Waals surface area contributed by atoms with E-state index >= 15 is 0 Å². The number of allylic oxidation sites excluding steroid dienone is 4. The molecule has 0 aromatic heterocycles. The second-order valence-corrected chi connectivity index (χ2v) is 8.45. The van der Waals surface area contributed by atoms with Crippen LogP contribution in [0.15, 0.2) is 54.3 Å². The van der Waals surface area contributed by atoms with E-state index in [1.807, 2.05) is 37.3 Å². The summed E-state index contributed by atoms with van der Waals surface area (Å²) in [5.41, 5.74) is 1.94. The Morgan fingerprint density at radius 1 is 1.13 bits per heavy atom. The van der Waals surface area contributed by atoms with E-state index in [9.17, 15) is 9.59 Å². The number of carboxylic acids is 1. The number of hydrogen-bond acceptors (Lipinski definition) is 4. The van der Waals surface area contributed by atoms with Crippen molar-refractivity contribution in [3.63, 3.8) is 0 Å². The molecule has 5 heteroatoms. The molecule has 0 saturated carbocycles. The topological polar surface area (TPSA) is 75.6 Å². The summed E-state index contributed by atoms with van der Waals surface area (Å²) in [5, 5.41) is 12.2. The first-order valence-electron chi connectivity index (χ1n) is 11.0. The monoisotopic (exact) mass is 411 g/mol. The van der Waals surface area contributed by atoms with Gasteiger partial charge in [-0.3, -0.25) is 9.59 Å². The third kappa shape index (κ3) is 6.56. The van der Waals surface area contributed by atoms with Gasteiger partial charge in [-0.15, -0.1) is 0 Å². The summed E-state index contributed by atoms with van der Waals surface area (Å²) in [6.45, 7) is 2.77. The second kappa shape index (κ2) is 11.1. The van der Waals surface area contributed by atoms with E-state index < -0.39 is 5.97 Å². The first-order chi connectivity index (χ1) is 14.5. The zero-order chi connectivity index (χ0) is 21.3. The standard InChI is InChI=1S/C25H33NO4/c1-18(15-20(27)16-19-9-5-4-6-10-19)26-17-22-21(23-13-14-24(22)30-23)11-7-2-3-8-12-25(28)29/h2,4-7,9-10,15,21-24,26H,3,8,11-14,16-17H2,1H3,(H,28,29)/b7-2-,18-15?/t21-,22+,23-,24+/m0/s1. The van der Waals surface area contributed by atoms with Gasteiger partial charge in [-0.05, 0) is 50.5 Å². The lowest BCUT2D eigenvalue weighted by atomic mass is 9.77. The van der Waals surface area contributed by atoms with Gasteiger partial charge in [0.2, 0.25) is 0 Å². The fourth-order valence-corrected chi connectivity index (χ4v) is 4.64. The number of benzene rings is 1. The smallest absolute Gasteiger partial charge is 0.303 e. The third-order valence-electron chi connectivity index (χ3n) is 6.14. The zero-order valence-corrected chi connectivity index (χ0v) is 17.8. The molecule has 0 amide bonds. The molecule has 0 unspecified atom stereocenters. The first kappa shape index (κ1) is 22.3. The molecule has 0 radical (unpaired) electrons. The molecule has 2 fully saturated rings. The summed E-state index contributed by atoms with van der Waals surface area (Å²) in [7, 11) is 0. The Labute approximate surface area is 179 Å². The number of ketones is 1. The van der Waals surface area contributed by atoms with Crippen molar-refractivity contribution in [1.82, 2.24) is 5.32 Å². The van der Waals surface area contributed by atoms with Gasteiger partial charge in [-0.1, -0.05) is 42.5 Å². The van der Waals surface area contributed by atoms with E-state index in [1.54, 1.807) is 6.08 Å². The summed E-state index contributed by atoms with van der Waals surface area (Å²) in [5.74, 6) is 0.303. The van der Waals surface area contributed by atoms with Gasteiger partial charge in [-0.2, -0.15) is 0 Å². The molecular weight excluding hydrogens is 378 g/mol. The maximum Gasteiger partial charge on any atom is 0.303 e. The fourth-order valence-electron chi connectivity index (χ4n) is 4.64. The van der Waals surface area contributed by atoms with E-state index in [0.717, 1.165) is 43.5 Å². The van der Waals surface area contributed by atoms with Crippen molar-refractivity contribution in [2.24, 2.45) is 11.8 Å². The number of carbonyl (C=O) groups is 2. The normalized spacial score (nSPS) is 25.7. The minimum absolute atomic E-state index is 0.108. The molecule has 1 aromatic carbocycles. The Hall–Kier alpha value is -2.40. The largest absolute Gasteiger partial charge is 0.481 e. The van der Waals surface area contributed by atoms with Crippen LogP contribution >= 0.6 is 0 Å². The Morgan fingerprint density at radius 2 is 1.87 bits per heavy atom. The zero-order valence-electron chi connectivity index (χ0n) is 17.8. The number of carbonyl (C=O) groups excluding carboxylic acids is 1. The van der Waals surface area contributed by atoms with E-state index in [1.165, 1.54) is 0 Å². The Balaban J connectivity index is 1.46. The average Bonchev–Trinajstić information content (AvgIpc) is 3.31. The molecule has 1 aromatic rings.